The number of nitrogens with zero attached hydrogens (tertiary/aromatic N) is 1. The first-order valence-electron chi connectivity index (χ1n) is 12.3. The summed E-state index contributed by atoms with van der Waals surface area (Å²) in [6.45, 7) is 2.98. The van der Waals surface area contributed by atoms with Gasteiger partial charge in [-0.15, -0.1) is 0 Å². The molecule has 7 nitrogen and oxygen atoms in total. The highest BCUT2D eigenvalue weighted by Gasteiger charge is 2.28. The third-order valence-corrected chi connectivity index (χ3v) is 6.86. The number of rotatable bonds is 5. The molecule has 34 heavy (non-hydrogen) atoms. The lowest BCUT2D eigenvalue weighted by atomic mass is 9.95. The zero-order valence-electron chi connectivity index (χ0n) is 19.8. The standard InChI is InChI=1S/C27H34N4O3/c1-19-18-21(26(33)28-22-8-4-2-5-9-22)12-13-24(19)30-25(32)20-14-16-31(17-15-20)27(34)29-23-10-6-3-7-11-23/h3,6-7,10-13,18,20,22H,2,4-5,8-9,14-17H2,1H3,(H,28,33)(H,29,34)(H,30,32). The van der Waals surface area contributed by atoms with Crippen molar-refractivity contribution in [3.05, 3.63) is 59.7 Å². The van der Waals surface area contributed by atoms with Gasteiger partial charge in [0.25, 0.3) is 5.91 Å². The number of anilines is 2. The molecule has 2 aromatic rings. The molecule has 1 aliphatic heterocycles. The molecule has 1 saturated carbocycles. The molecule has 180 valence electrons. The van der Waals surface area contributed by atoms with Crippen LogP contribution in [-0.4, -0.2) is 41.9 Å². The molecule has 7 heteroatoms. The van der Waals surface area contributed by atoms with Crippen LogP contribution in [0.2, 0.25) is 0 Å². The van der Waals surface area contributed by atoms with E-state index in [1.807, 2.05) is 49.4 Å². The molecule has 1 heterocycles. The predicted octanol–water partition coefficient (Wildman–Crippen LogP) is 4.94. The Kier molecular flexibility index (Phi) is 7.83. The van der Waals surface area contributed by atoms with Gasteiger partial charge < -0.3 is 20.9 Å². The first-order chi connectivity index (χ1) is 16.5. The van der Waals surface area contributed by atoms with Crippen LogP contribution in [0, 0.1) is 12.8 Å². The minimum atomic E-state index is -0.144. The predicted molar refractivity (Wildman–Crippen MR) is 134 cm³/mol. The van der Waals surface area contributed by atoms with Gasteiger partial charge in [-0.25, -0.2) is 4.79 Å². The summed E-state index contributed by atoms with van der Waals surface area (Å²) in [5, 5.41) is 9.06. The summed E-state index contributed by atoms with van der Waals surface area (Å²) in [7, 11) is 0. The molecule has 0 unspecified atom stereocenters. The topological polar surface area (TPSA) is 90.5 Å². The maximum Gasteiger partial charge on any atom is 0.321 e. The molecule has 0 radical (unpaired) electrons. The molecule has 0 spiro atoms. The van der Waals surface area contributed by atoms with Crippen LogP contribution in [-0.2, 0) is 4.79 Å². The first kappa shape index (κ1) is 23.8. The SMILES string of the molecule is Cc1cc(C(=O)NC2CCCCC2)ccc1NC(=O)C1CCN(C(=O)Nc2ccccc2)CC1. The van der Waals surface area contributed by atoms with Crippen molar-refractivity contribution in [3.8, 4) is 0 Å². The van der Waals surface area contributed by atoms with Gasteiger partial charge in [0.15, 0.2) is 0 Å². The van der Waals surface area contributed by atoms with Crippen LogP contribution in [0.15, 0.2) is 48.5 Å². The number of carbonyl (C=O) groups excluding carboxylic acids is 3. The second kappa shape index (κ2) is 11.2. The quantitative estimate of drug-likeness (QED) is 0.588. The molecular formula is C27H34N4O3. The highest BCUT2D eigenvalue weighted by molar-refractivity contribution is 5.97. The van der Waals surface area contributed by atoms with Gasteiger partial charge in [0.1, 0.15) is 0 Å². The highest BCUT2D eigenvalue weighted by Crippen LogP contribution is 2.23. The Balaban J connectivity index is 1.26. The Morgan fingerprint density at radius 2 is 1.56 bits per heavy atom. The monoisotopic (exact) mass is 462 g/mol. The van der Waals surface area contributed by atoms with Gasteiger partial charge in [-0.2, -0.15) is 0 Å². The van der Waals surface area contributed by atoms with Crippen LogP contribution in [0.5, 0.6) is 0 Å². The third kappa shape index (κ3) is 6.16. The van der Waals surface area contributed by atoms with Gasteiger partial charge in [-0.1, -0.05) is 37.5 Å². The number of urea groups is 1. The van der Waals surface area contributed by atoms with Crippen LogP contribution in [0.1, 0.15) is 60.9 Å². The fourth-order valence-corrected chi connectivity index (χ4v) is 4.76. The van der Waals surface area contributed by atoms with E-state index < -0.39 is 0 Å². The lowest BCUT2D eigenvalue weighted by Crippen LogP contribution is -2.43. The van der Waals surface area contributed by atoms with Crippen molar-refractivity contribution < 1.29 is 14.4 Å². The summed E-state index contributed by atoms with van der Waals surface area (Å²) in [6, 6.07) is 14.9. The van der Waals surface area contributed by atoms with E-state index >= 15 is 0 Å². The van der Waals surface area contributed by atoms with Crippen molar-refractivity contribution in [3.63, 3.8) is 0 Å². The molecule has 0 bridgehead atoms. The van der Waals surface area contributed by atoms with E-state index in [-0.39, 0.29) is 29.8 Å². The van der Waals surface area contributed by atoms with Crippen molar-refractivity contribution in [2.45, 2.75) is 57.9 Å². The van der Waals surface area contributed by atoms with Gasteiger partial charge in [-0.05, 0) is 68.5 Å². The molecule has 2 aliphatic rings. The van der Waals surface area contributed by atoms with Crippen molar-refractivity contribution >= 4 is 29.2 Å². The van der Waals surface area contributed by atoms with E-state index in [1.54, 1.807) is 11.0 Å². The van der Waals surface area contributed by atoms with Crippen molar-refractivity contribution in [2.24, 2.45) is 5.92 Å². The van der Waals surface area contributed by atoms with Gasteiger partial charge in [0, 0.05) is 42.0 Å². The van der Waals surface area contributed by atoms with E-state index in [4.69, 9.17) is 0 Å². The lowest BCUT2D eigenvalue weighted by Gasteiger charge is -2.31. The number of para-hydroxylation sites is 1. The average Bonchev–Trinajstić information content (AvgIpc) is 2.86. The zero-order valence-corrected chi connectivity index (χ0v) is 19.8. The summed E-state index contributed by atoms with van der Waals surface area (Å²) in [5.41, 5.74) is 2.98. The maximum absolute atomic E-state index is 12.9. The highest BCUT2D eigenvalue weighted by atomic mass is 16.2. The first-order valence-corrected chi connectivity index (χ1v) is 12.3. The molecular weight excluding hydrogens is 428 g/mol. The fourth-order valence-electron chi connectivity index (χ4n) is 4.76. The number of nitrogens with one attached hydrogen (secondary N) is 3. The van der Waals surface area contributed by atoms with Crippen LogP contribution in [0.25, 0.3) is 0 Å². The van der Waals surface area contributed by atoms with Gasteiger partial charge in [-0.3, -0.25) is 9.59 Å². The van der Waals surface area contributed by atoms with Crippen molar-refractivity contribution in [1.82, 2.24) is 10.2 Å². The Labute approximate surface area is 201 Å². The number of carbonyl (C=O) groups is 3. The summed E-state index contributed by atoms with van der Waals surface area (Å²) < 4.78 is 0. The molecule has 2 aromatic carbocycles. The maximum atomic E-state index is 12.9. The Morgan fingerprint density at radius 1 is 0.853 bits per heavy atom. The summed E-state index contributed by atoms with van der Waals surface area (Å²) in [6.07, 6.45) is 6.93. The summed E-state index contributed by atoms with van der Waals surface area (Å²) >= 11 is 0. The summed E-state index contributed by atoms with van der Waals surface area (Å²) in [4.78, 5) is 39.7. The molecule has 4 rings (SSSR count). The number of benzene rings is 2. The Hall–Kier alpha value is -3.35. The van der Waals surface area contributed by atoms with Crippen molar-refractivity contribution in [1.29, 1.82) is 0 Å². The normalized spacial score (nSPS) is 17.1. The van der Waals surface area contributed by atoms with E-state index in [0.717, 1.165) is 29.8 Å². The third-order valence-electron chi connectivity index (χ3n) is 6.86. The smallest absolute Gasteiger partial charge is 0.321 e. The second-order valence-corrected chi connectivity index (χ2v) is 9.38. The number of amides is 4. The van der Waals surface area contributed by atoms with Crippen LogP contribution in [0.3, 0.4) is 0 Å². The molecule has 3 N–H and O–H groups in total. The van der Waals surface area contributed by atoms with E-state index in [9.17, 15) is 14.4 Å². The van der Waals surface area contributed by atoms with E-state index in [0.29, 0.717) is 31.5 Å². The Bertz CT molecular complexity index is 1010. The number of hydrogen-bond donors (Lipinski definition) is 3. The molecule has 1 saturated heterocycles. The molecule has 0 aromatic heterocycles. The van der Waals surface area contributed by atoms with Gasteiger partial charge >= 0.3 is 6.03 Å². The molecule has 0 atom stereocenters. The van der Waals surface area contributed by atoms with Crippen LogP contribution >= 0.6 is 0 Å². The molecule has 1 aliphatic carbocycles. The number of likely N-dealkylation sites (tertiary alicyclic amines) is 1. The number of aryl methyl sites for hydroxylation is 1. The van der Waals surface area contributed by atoms with Crippen molar-refractivity contribution in [2.75, 3.05) is 23.7 Å². The zero-order chi connectivity index (χ0) is 23.9. The van der Waals surface area contributed by atoms with E-state index in [1.165, 1.54) is 19.3 Å². The lowest BCUT2D eigenvalue weighted by molar-refractivity contribution is -0.121. The minimum absolute atomic E-state index is 0.0365. The van der Waals surface area contributed by atoms with E-state index in [2.05, 4.69) is 16.0 Å². The minimum Gasteiger partial charge on any atom is -0.349 e. The largest absolute Gasteiger partial charge is 0.349 e. The average molecular weight is 463 g/mol. The Morgan fingerprint density at radius 3 is 2.24 bits per heavy atom. The fraction of sp³-hybridized carbons (Fsp3) is 0.444. The summed E-state index contributed by atoms with van der Waals surface area (Å²) in [5.74, 6) is -0.228. The number of hydrogen-bond acceptors (Lipinski definition) is 3. The van der Waals surface area contributed by atoms with Gasteiger partial charge in [0.2, 0.25) is 5.91 Å². The molecule has 2 fully saturated rings. The van der Waals surface area contributed by atoms with Gasteiger partial charge in [0.05, 0.1) is 0 Å². The van der Waals surface area contributed by atoms with Crippen LogP contribution < -0.4 is 16.0 Å². The number of piperidine rings is 1. The molecule has 4 amide bonds. The second-order valence-electron chi connectivity index (χ2n) is 9.38. The van der Waals surface area contributed by atoms with Crippen LogP contribution in [0.4, 0.5) is 16.2 Å².